The van der Waals surface area contributed by atoms with Crippen molar-refractivity contribution >= 4 is 23.4 Å². The van der Waals surface area contributed by atoms with Crippen LogP contribution in [0.5, 0.6) is 17.2 Å². The highest BCUT2D eigenvalue weighted by Crippen LogP contribution is 2.33. The minimum Gasteiger partial charge on any atom is -0.497 e. The average Bonchev–Trinajstić information content (AvgIpc) is 3.24. The second-order valence-corrected chi connectivity index (χ2v) is 9.80. The van der Waals surface area contributed by atoms with E-state index in [0.29, 0.717) is 61.6 Å². The smallest absolute Gasteiger partial charge is 0.263 e. The maximum Gasteiger partial charge on any atom is 0.263 e. The molecule has 0 atom stereocenters. The molecule has 9 heteroatoms. The van der Waals surface area contributed by atoms with Gasteiger partial charge in [0.25, 0.3) is 11.8 Å². The van der Waals surface area contributed by atoms with E-state index < -0.39 is 0 Å². The van der Waals surface area contributed by atoms with E-state index in [0.717, 1.165) is 22.6 Å². The standard InChI is InChI=1S/C31H33N3O6/c1-38-23-7-4-6-22(18-23)20-28(35)33-16-14-32(15-17-33)25-9-5-8-24-29(25)31(37)34(30(24)36)13-12-21-10-11-26(39-2)27(19-21)40-3/h4-11,18-19H,12-17,20H2,1-3H3. The van der Waals surface area contributed by atoms with Crippen LogP contribution in [0.25, 0.3) is 0 Å². The summed E-state index contributed by atoms with van der Waals surface area (Å²) in [7, 11) is 4.76. The molecule has 2 heterocycles. The molecular weight excluding hydrogens is 510 g/mol. The molecule has 3 aromatic carbocycles. The average molecular weight is 544 g/mol. The zero-order valence-corrected chi connectivity index (χ0v) is 23.0. The van der Waals surface area contributed by atoms with Crippen LogP contribution < -0.4 is 19.1 Å². The van der Waals surface area contributed by atoms with Crippen molar-refractivity contribution in [2.24, 2.45) is 0 Å². The van der Waals surface area contributed by atoms with Crippen molar-refractivity contribution in [2.45, 2.75) is 12.8 Å². The van der Waals surface area contributed by atoms with E-state index in [-0.39, 0.29) is 24.3 Å². The van der Waals surface area contributed by atoms with E-state index in [1.807, 2.05) is 59.5 Å². The quantitative estimate of drug-likeness (QED) is 0.382. The van der Waals surface area contributed by atoms with E-state index in [1.54, 1.807) is 27.4 Å². The van der Waals surface area contributed by atoms with Crippen LogP contribution in [0.15, 0.2) is 60.7 Å². The number of imide groups is 1. The van der Waals surface area contributed by atoms with Crippen LogP contribution >= 0.6 is 0 Å². The van der Waals surface area contributed by atoms with Crippen LogP contribution in [0.2, 0.25) is 0 Å². The van der Waals surface area contributed by atoms with Gasteiger partial charge in [0, 0.05) is 32.7 Å². The first-order valence-corrected chi connectivity index (χ1v) is 13.3. The summed E-state index contributed by atoms with van der Waals surface area (Å²) in [6.45, 7) is 2.49. The van der Waals surface area contributed by atoms with Gasteiger partial charge in [0.15, 0.2) is 11.5 Å². The molecule has 0 saturated carbocycles. The molecule has 1 fully saturated rings. The summed E-state index contributed by atoms with van der Waals surface area (Å²) in [6, 6.07) is 18.5. The number of piperazine rings is 1. The van der Waals surface area contributed by atoms with Crippen LogP contribution in [-0.4, -0.2) is 81.6 Å². The van der Waals surface area contributed by atoms with Crippen LogP contribution in [0, 0.1) is 0 Å². The first kappa shape index (κ1) is 27.1. The Morgan fingerprint density at radius 3 is 2.25 bits per heavy atom. The molecule has 0 unspecified atom stereocenters. The van der Waals surface area contributed by atoms with Crippen LogP contribution in [-0.2, 0) is 17.6 Å². The fourth-order valence-electron chi connectivity index (χ4n) is 5.32. The van der Waals surface area contributed by atoms with Gasteiger partial charge < -0.3 is 24.0 Å². The first-order valence-electron chi connectivity index (χ1n) is 13.3. The van der Waals surface area contributed by atoms with Gasteiger partial charge in [-0.3, -0.25) is 19.3 Å². The predicted octanol–water partition coefficient (Wildman–Crippen LogP) is 3.44. The molecule has 208 valence electrons. The van der Waals surface area contributed by atoms with Crippen molar-refractivity contribution in [3.8, 4) is 17.2 Å². The van der Waals surface area contributed by atoms with Crippen molar-refractivity contribution in [1.82, 2.24) is 9.80 Å². The Morgan fingerprint density at radius 2 is 1.52 bits per heavy atom. The number of hydrogen-bond donors (Lipinski definition) is 0. The van der Waals surface area contributed by atoms with E-state index >= 15 is 0 Å². The molecule has 40 heavy (non-hydrogen) atoms. The van der Waals surface area contributed by atoms with Gasteiger partial charge in [-0.05, 0) is 53.9 Å². The fraction of sp³-hybridized carbons (Fsp3) is 0.323. The molecule has 0 spiro atoms. The number of ether oxygens (including phenoxy) is 3. The van der Waals surface area contributed by atoms with Gasteiger partial charge in [-0.15, -0.1) is 0 Å². The topological polar surface area (TPSA) is 88.6 Å². The minimum absolute atomic E-state index is 0.0544. The normalized spacial score (nSPS) is 14.8. The van der Waals surface area contributed by atoms with E-state index in [4.69, 9.17) is 14.2 Å². The molecular formula is C31H33N3O6. The lowest BCUT2D eigenvalue weighted by molar-refractivity contribution is -0.130. The third-order valence-corrected chi connectivity index (χ3v) is 7.51. The number of rotatable bonds is 9. The third-order valence-electron chi connectivity index (χ3n) is 7.51. The van der Waals surface area contributed by atoms with E-state index in [2.05, 4.69) is 4.90 Å². The largest absolute Gasteiger partial charge is 0.497 e. The molecule has 5 rings (SSSR count). The Bertz CT molecular complexity index is 1430. The fourth-order valence-corrected chi connectivity index (χ4v) is 5.32. The zero-order chi connectivity index (χ0) is 28.2. The number of carbonyl (C=O) groups is 3. The van der Waals surface area contributed by atoms with Gasteiger partial charge in [0.1, 0.15) is 5.75 Å². The lowest BCUT2D eigenvalue weighted by atomic mass is 10.1. The number of methoxy groups -OCH3 is 3. The van der Waals surface area contributed by atoms with Gasteiger partial charge in [-0.2, -0.15) is 0 Å². The highest BCUT2D eigenvalue weighted by atomic mass is 16.5. The van der Waals surface area contributed by atoms with Crippen molar-refractivity contribution in [1.29, 1.82) is 0 Å². The number of benzene rings is 3. The number of carbonyl (C=O) groups excluding carboxylic acids is 3. The summed E-state index contributed by atoms with van der Waals surface area (Å²) in [5.41, 5.74) is 3.45. The summed E-state index contributed by atoms with van der Waals surface area (Å²) < 4.78 is 15.9. The lowest BCUT2D eigenvalue weighted by Gasteiger charge is -2.36. The molecule has 3 aromatic rings. The summed E-state index contributed by atoms with van der Waals surface area (Å²) in [4.78, 5) is 44.9. The van der Waals surface area contributed by atoms with Crippen LogP contribution in [0.3, 0.4) is 0 Å². The third kappa shape index (κ3) is 5.32. The lowest BCUT2D eigenvalue weighted by Crippen LogP contribution is -2.49. The SMILES string of the molecule is COc1cccc(CC(=O)N2CCN(c3cccc4c3C(=O)N(CCc3ccc(OC)c(OC)c3)C4=O)CC2)c1. The summed E-state index contributed by atoms with van der Waals surface area (Å²) in [6.07, 6.45) is 0.801. The van der Waals surface area contributed by atoms with Crippen LogP contribution in [0.4, 0.5) is 5.69 Å². The van der Waals surface area contributed by atoms with Crippen molar-refractivity contribution in [3.05, 3.63) is 82.9 Å². The summed E-state index contributed by atoms with van der Waals surface area (Å²) in [5, 5.41) is 0. The van der Waals surface area contributed by atoms with Crippen molar-refractivity contribution < 1.29 is 28.6 Å². The van der Waals surface area contributed by atoms with Gasteiger partial charge in [-0.1, -0.05) is 24.3 Å². The molecule has 2 aliphatic rings. The molecule has 2 aliphatic heterocycles. The molecule has 3 amide bonds. The molecule has 0 aliphatic carbocycles. The van der Waals surface area contributed by atoms with Gasteiger partial charge >= 0.3 is 0 Å². The number of amides is 3. The molecule has 0 N–H and O–H groups in total. The molecule has 0 aromatic heterocycles. The minimum atomic E-state index is -0.285. The van der Waals surface area contributed by atoms with E-state index in [9.17, 15) is 14.4 Å². The Labute approximate surface area is 233 Å². The number of fused-ring (bicyclic) bond motifs is 1. The van der Waals surface area contributed by atoms with Gasteiger partial charge in [-0.25, -0.2) is 0 Å². The first-order chi connectivity index (χ1) is 19.4. The Kier molecular flexibility index (Phi) is 7.91. The van der Waals surface area contributed by atoms with E-state index in [1.165, 1.54) is 4.90 Å². The van der Waals surface area contributed by atoms with Gasteiger partial charge in [0.05, 0.1) is 44.6 Å². The summed E-state index contributed by atoms with van der Waals surface area (Å²) >= 11 is 0. The predicted molar refractivity (Wildman–Crippen MR) is 151 cm³/mol. The Balaban J connectivity index is 1.24. The van der Waals surface area contributed by atoms with Gasteiger partial charge in [0.2, 0.25) is 5.91 Å². The molecule has 0 radical (unpaired) electrons. The van der Waals surface area contributed by atoms with Crippen LogP contribution in [0.1, 0.15) is 31.8 Å². The molecule has 1 saturated heterocycles. The number of anilines is 1. The zero-order valence-electron chi connectivity index (χ0n) is 23.0. The highest BCUT2D eigenvalue weighted by molar-refractivity contribution is 6.23. The van der Waals surface area contributed by atoms with Crippen molar-refractivity contribution in [3.63, 3.8) is 0 Å². The number of hydrogen-bond acceptors (Lipinski definition) is 7. The maximum absolute atomic E-state index is 13.5. The Hall–Kier alpha value is -4.53. The summed E-state index contributed by atoms with van der Waals surface area (Å²) in [5.74, 6) is 1.44. The maximum atomic E-state index is 13.5. The molecule has 0 bridgehead atoms. The molecule has 9 nitrogen and oxygen atoms in total. The monoisotopic (exact) mass is 543 g/mol. The second kappa shape index (κ2) is 11.7. The van der Waals surface area contributed by atoms with Crippen molar-refractivity contribution in [2.75, 3.05) is 59.0 Å². The second-order valence-electron chi connectivity index (χ2n) is 9.80. The highest BCUT2D eigenvalue weighted by Gasteiger charge is 2.38. The number of nitrogens with zero attached hydrogens (tertiary/aromatic N) is 3. The Morgan fingerprint density at radius 1 is 0.775 bits per heavy atom.